The van der Waals surface area contributed by atoms with Crippen LogP contribution in [0.15, 0.2) is 77.4 Å². The first-order valence-electron chi connectivity index (χ1n) is 7.59. The molecule has 0 fully saturated rings. The van der Waals surface area contributed by atoms with Crippen LogP contribution in [0, 0.1) is 5.82 Å². The highest BCUT2D eigenvalue weighted by molar-refractivity contribution is 5.89. The Balaban J connectivity index is 1.77. The Morgan fingerprint density at radius 3 is 2.42 bits per heavy atom. The SMILES string of the molecule is O=C(Nc1ccccc1F)N(Cc1ccccc1)Cc1ccco1. The molecule has 0 aliphatic heterocycles. The number of urea groups is 1. The number of carbonyl (C=O) groups excluding carboxylic acids is 1. The monoisotopic (exact) mass is 324 g/mol. The van der Waals surface area contributed by atoms with Crippen LogP contribution in [0.2, 0.25) is 0 Å². The number of hydrogen-bond donors (Lipinski definition) is 1. The fourth-order valence-electron chi connectivity index (χ4n) is 2.35. The molecule has 1 heterocycles. The fourth-order valence-corrected chi connectivity index (χ4v) is 2.35. The van der Waals surface area contributed by atoms with Crippen molar-refractivity contribution < 1.29 is 13.6 Å². The first-order valence-corrected chi connectivity index (χ1v) is 7.59. The molecule has 1 N–H and O–H groups in total. The summed E-state index contributed by atoms with van der Waals surface area (Å²) in [7, 11) is 0. The number of amides is 2. The number of nitrogens with zero attached hydrogens (tertiary/aromatic N) is 1. The maximum atomic E-state index is 13.8. The van der Waals surface area contributed by atoms with Crippen LogP contribution in [0.5, 0.6) is 0 Å². The first-order chi connectivity index (χ1) is 11.7. The molecule has 0 unspecified atom stereocenters. The molecule has 24 heavy (non-hydrogen) atoms. The van der Waals surface area contributed by atoms with E-state index in [1.54, 1.807) is 35.4 Å². The number of benzene rings is 2. The predicted octanol–water partition coefficient (Wildman–Crippen LogP) is 4.65. The molecule has 0 aliphatic rings. The minimum absolute atomic E-state index is 0.153. The Morgan fingerprint density at radius 1 is 0.958 bits per heavy atom. The predicted molar refractivity (Wildman–Crippen MR) is 89.8 cm³/mol. The van der Waals surface area contributed by atoms with E-state index in [-0.39, 0.29) is 11.7 Å². The summed E-state index contributed by atoms with van der Waals surface area (Å²) in [6, 6.07) is 18.9. The van der Waals surface area contributed by atoms with Crippen molar-refractivity contribution >= 4 is 11.7 Å². The highest BCUT2D eigenvalue weighted by Crippen LogP contribution is 2.16. The topological polar surface area (TPSA) is 45.5 Å². The zero-order valence-electron chi connectivity index (χ0n) is 13.0. The van der Waals surface area contributed by atoms with Crippen LogP contribution < -0.4 is 5.32 Å². The van der Waals surface area contributed by atoms with Crippen LogP contribution in [-0.4, -0.2) is 10.9 Å². The third-order valence-electron chi connectivity index (χ3n) is 3.55. The van der Waals surface area contributed by atoms with Gasteiger partial charge in [0.1, 0.15) is 11.6 Å². The summed E-state index contributed by atoms with van der Waals surface area (Å²) in [5.74, 6) is 0.193. The molecule has 1 aromatic heterocycles. The second-order valence-corrected chi connectivity index (χ2v) is 5.33. The van der Waals surface area contributed by atoms with Gasteiger partial charge in [-0.1, -0.05) is 42.5 Å². The molecule has 2 amide bonds. The molecule has 0 aliphatic carbocycles. The van der Waals surface area contributed by atoms with Crippen molar-refractivity contribution in [1.29, 1.82) is 0 Å². The van der Waals surface area contributed by atoms with Crippen molar-refractivity contribution in [3.05, 3.63) is 90.1 Å². The van der Waals surface area contributed by atoms with Crippen LogP contribution in [0.1, 0.15) is 11.3 Å². The number of furan rings is 1. The van der Waals surface area contributed by atoms with Crippen molar-refractivity contribution in [3.63, 3.8) is 0 Å². The van der Waals surface area contributed by atoms with Crippen molar-refractivity contribution in [1.82, 2.24) is 4.90 Å². The number of nitrogens with one attached hydrogen (secondary N) is 1. The van der Waals surface area contributed by atoms with Crippen molar-refractivity contribution in [3.8, 4) is 0 Å². The Hall–Kier alpha value is -3.08. The van der Waals surface area contributed by atoms with Crippen LogP contribution in [0.4, 0.5) is 14.9 Å². The van der Waals surface area contributed by atoms with Gasteiger partial charge in [-0.15, -0.1) is 0 Å². The maximum Gasteiger partial charge on any atom is 0.322 e. The number of hydrogen-bond acceptors (Lipinski definition) is 2. The lowest BCUT2D eigenvalue weighted by molar-refractivity contribution is 0.201. The Kier molecular flexibility index (Phi) is 4.91. The standard InChI is InChI=1S/C19H17FN2O2/c20-17-10-4-5-11-18(17)21-19(23)22(14-16-9-6-12-24-16)13-15-7-2-1-3-8-15/h1-12H,13-14H2,(H,21,23). The quantitative estimate of drug-likeness (QED) is 0.742. The summed E-state index contributed by atoms with van der Waals surface area (Å²) in [5, 5.41) is 2.61. The molecule has 2 aromatic carbocycles. The van der Waals surface area contributed by atoms with Gasteiger partial charge in [-0.3, -0.25) is 0 Å². The smallest absolute Gasteiger partial charge is 0.322 e. The molecular formula is C19H17FN2O2. The number of carbonyl (C=O) groups is 1. The average molecular weight is 324 g/mol. The van der Waals surface area contributed by atoms with Crippen LogP contribution in [0.3, 0.4) is 0 Å². The molecule has 4 nitrogen and oxygen atoms in total. The van der Waals surface area contributed by atoms with Gasteiger partial charge in [0.25, 0.3) is 0 Å². The second-order valence-electron chi connectivity index (χ2n) is 5.33. The molecule has 3 rings (SSSR count). The van der Waals surface area contributed by atoms with Gasteiger partial charge in [-0.25, -0.2) is 9.18 Å². The molecule has 0 radical (unpaired) electrons. The van der Waals surface area contributed by atoms with Gasteiger partial charge in [0.15, 0.2) is 0 Å². The van der Waals surface area contributed by atoms with Gasteiger partial charge in [0.2, 0.25) is 0 Å². The van der Waals surface area contributed by atoms with E-state index in [4.69, 9.17) is 4.42 Å². The van der Waals surface area contributed by atoms with Gasteiger partial charge < -0.3 is 14.6 Å². The van der Waals surface area contributed by atoms with E-state index in [9.17, 15) is 9.18 Å². The molecule has 0 atom stereocenters. The van der Waals surface area contributed by atoms with Gasteiger partial charge in [0, 0.05) is 6.54 Å². The normalized spacial score (nSPS) is 10.4. The van der Waals surface area contributed by atoms with E-state index in [1.165, 1.54) is 12.1 Å². The van der Waals surface area contributed by atoms with Crippen LogP contribution in [0.25, 0.3) is 0 Å². The maximum absolute atomic E-state index is 13.8. The molecular weight excluding hydrogens is 307 g/mol. The first kappa shape index (κ1) is 15.8. The van der Waals surface area contributed by atoms with E-state index >= 15 is 0 Å². The highest BCUT2D eigenvalue weighted by atomic mass is 19.1. The summed E-state index contributed by atoms with van der Waals surface area (Å²) in [6.45, 7) is 0.685. The van der Waals surface area contributed by atoms with E-state index in [0.29, 0.717) is 18.8 Å². The summed E-state index contributed by atoms with van der Waals surface area (Å²) in [6.07, 6.45) is 1.56. The molecule has 0 saturated heterocycles. The summed E-state index contributed by atoms with van der Waals surface area (Å²) in [4.78, 5) is 14.2. The molecule has 0 saturated carbocycles. The number of para-hydroxylation sites is 1. The number of rotatable bonds is 5. The molecule has 0 spiro atoms. The van der Waals surface area contributed by atoms with Crippen LogP contribution >= 0.6 is 0 Å². The molecule has 122 valence electrons. The summed E-state index contributed by atoms with van der Waals surface area (Å²) in [5.41, 5.74) is 1.13. The van der Waals surface area contributed by atoms with Crippen molar-refractivity contribution in [2.24, 2.45) is 0 Å². The molecule has 0 bridgehead atoms. The van der Waals surface area contributed by atoms with E-state index in [2.05, 4.69) is 5.32 Å². The fraction of sp³-hybridized carbons (Fsp3) is 0.105. The summed E-state index contributed by atoms with van der Waals surface area (Å²) >= 11 is 0. The minimum atomic E-state index is -0.469. The van der Waals surface area contributed by atoms with Gasteiger partial charge >= 0.3 is 6.03 Å². The second kappa shape index (κ2) is 7.46. The highest BCUT2D eigenvalue weighted by Gasteiger charge is 2.17. The zero-order chi connectivity index (χ0) is 16.8. The summed E-state index contributed by atoms with van der Waals surface area (Å²) < 4.78 is 19.1. The Morgan fingerprint density at radius 2 is 1.71 bits per heavy atom. The lowest BCUT2D eigenvalue weighted by Crippen LogP contribution is -2.34. The lowest BCUT2D eigenvalue weighted by atomic mass is 10.2. The largest absolute Gasteiger partial charge is 0.467 e. The van der Waals surface area contributed by atoms with Crippen LogP contribution in [-0.2, 0) is 13.1 Å². The van der Waals surface area contributed by atoms with E-state index in [1.807, 2.05) is 30.3 Å². The average Bonchev–Trinajstić information content (AvgIpc) is 3.10. The third kappa shape index (κ3) is 4.01. The van der Waals surface area contributed by atoms with E-state index < -0.39 is 5.82 Å². The van der Waals surface area contributed by atoms with Gasteiger partial charge in [0.05, 0.1) is 18.5 Å². The Labute approximate surface area is 139 Å². The van der Waals surface area contributed by atoms with Crippen molar-refractivity contribution in [2.45, 2.75) is 13.1 Å². The van der Waals surface area contributed by atoms with Gasteiger partial charge in [-0.05, 0) is 29.8 Å². The number of anilines is 1. The minimum Gasteiger partial charge on any atom is -0.467 e. The van der Waals surface area contributed by atoms with Crippen molar-refractivity contribution in [2.75, 3.05) is 5.32 Å². The van der Waals surface area contributed by atoms with Gasteiger partial charge in [-0.2, -0.15) is 0 Å². The number of halogens is 1. The third-order valence-corrected chi connectivity index (χ3v) is 3.55. The Bertz CT molecular complexity index is 788. The zero-order valence-corrected chi connectivity index (χ0v) is 13.0. The lowest BCUT2D eigenvalue weighted by Gasteiger charge is -2.22. The molecule has 3 aromatic rings. The molecule has 5 heteroatoms. The van der Waals surface area contributed by atoms with E-state index in [0.717, 1.165) is 5.56 Å².